The van der Waals surface area contributed by atoms with Crippen LogP contribution in [0, 0.1) is 6.92 Å². The molecule has 1 aliphatic rings. The predicted octanol–water partition coefficient (Wildman–Crippen LogP) is 8.07. The number of aliphatic hydroxyl groups is 1. The molecule has 3 rings (SSSR count). The van der Waals surface area contributed by atoms with Gasteiger partial charge < -0.3 is 9.84 Å². The fourth-order valence-electron chi connectivity index (χ4n) is 4.51. The summed E-state index contributed by atoms with van der Waals surface area (Å²) in [7, 11) is -4.28. The van der Waals surface area contributed by atoms with Crippen molar-refractivity contribution in [2.75, 3.05) is 4.72 Å². The molecule has 2 atom stereocenters. The summed E-state index contributed by atoms with van der Waals surface area (Å²) in [4.78, 5) is 16.3. The zero-order chi connectivity index (χ0) is 32.2. The summed E-state index contributed by atoms with van der Waals surface area (Å²) in [5, 5.41) is 10.9. The molecule has 0 aliphatic carbocycles. The summed E-state index contributed by atoms with van der Waals surface area (Å²) < 4.78 is 71.4. The fourth-order valence-corrected chi connectivity index (χ4v) is 5.31. The third-order valence-corrected chi connectivity index (χ3v) is 7.45. The molecule has 0 saturated heterocycles. The Morgan fingerprint density at radius 2 is 1.81 bits per heavy atom. The summed E-state index contributed by atoms with van der Waals surface area (Å²) in [5.41, 5.74) is 1.60. The van der Waals surface area contributed by atoms with Crippen LogP contribution in [0.2, 0.25) is 0 Å². The third kappa shape index (κ3) is 10.4. The molecule has 11 heteroatoms. The van der Waals surface area contributed by atoms with Crippen LogP contribution in [0.5, 0.6) is 0 Å². The number of allylic oxidation sites excluding steroid dienone is 2. The minimum Gasteiger partial charge on any atom is -0.512 e. The standard InChI is InChI=1S/C29H31F3N2O5S.C3H8/c1-4-21(29(30,31)32)17-33-18-40(37,38)34-25-13-9-12-24(19(25)3)23(5-2)27-26(35)16-22(39-28(27)36)15-14-20-10-7-6-8-11-20;1-3-2/h4,6-13,17-18,22-23,34-35H,1,5,14-16H2,2-3H3;3H2,1-2H3/b21-17+,33-18?;. The fraction of sp³-hybridized carbons (Fsp3) is 0.375. The molecule has 0 spiro atoms. The van der Waals surface area contributed by atoms with Crippen LogP contribution in [0.4, 0.5) is 18.9 Å². The zero-order valence-electron chi connectivity index (χ0n) is 24.8. The first kappa shape index (κ1) is 35.3. The number of cyclic esters (lactones) is 1. The van der Waals surface area contributed by atoms with E-state index < -0.39 is 39.8 Å². The number of alkyl halides is 3. The van der Waals surface area contributed by atoms with Gasteiger partial charge in [-0.25, -0.2) is 13.2 Å². The topological polar surface area (TPSA) is 105 Å². The second-order valence-corrected chi connectivity index (χ2v) is 11.5. The van der Waals surface area contributed by atoms with Crippen molar-refractivity contribution in [1.29, 1.82) is 0 Å². The largest absolute Gasteiger partial charge is 0.512 e. The van der Waals surface area contributed by atoms with Gasteiger partial charge in [-0.2, -0.15) is 13.2 Å². The Balaban J connectivity index is 0.00000206. The Morgan fingerprint density at radius 1 is 1.16 bits per heavy atom. The number of sulfonamides is 1. The maximum Gasteiger partial charge on any atom is 0.417 e. The summed E-state index contributed by atoms with van der Waals surface area (Å²) in [6, 6.07) is 14.5. The number of aliphatic hydroxyl groups excluding tert-OH is 1. The number of ether oxygens (including phenoxy) is 1. The number of aliphatic imine (C=N–C) groups is 1. The number of anilines is 1. The van der Waals surface area contributed by atoms with Gasteiger partial charge in [-0.1, -0.05) is 82.3 Å². The minimum absolute atomic E-state index is 0.0619. The number of hydrogen-bond donors (Lipinski definition) is 2. The van der Waals surface area contributed by atoms with E-state index in [4.69, 9.17) is 4.74 Å². The number of halogens is 3. The Kier molecular flexibility index (Phi) is 13.2. The molecule has 0 aromatic heterocycles. The number of benzene rings is 2. The van der Waals surface area contributed by atoms with E-state index in [1.807, 2.05) is 37.3 Å². The van der Waals surface area contributed by atoms with Gasteiger partial charge in [-0.15, -0.1) is 0 Å². The maximum atomic E-state index is 13.0. The highest BCUT2D eigenvalue weighted by Crippen LogP contribution is 2.38. The first-order valence-electron chi connectivity index (χ1n) is 14.0. The molecule has 234 valence electrons. The van der Waals surface area contributed by atoms with E-state index in [1.54, 1.807) is 19.1 Å². The van der Waals surface area contributed by atoms with Crippen molar-refractivity contribution in [3.63, 3.8) is 0 Å². The summed E-state index contributed by atoms with van der Waals surface area (Å²) in [6.07, 6.45) is -1.24. The van der Waals surface area contributed by atoms with Crippen LogP contribution in [0.25, 0.3) is 0 Å². The number of carbonyl (C=O) groups excluding carboxylic acids is 1. The highest BCUT2D eigenvalue weighted by Gasteiger charge is 2.35. The average molecular weight is 621 g/mol. The normalized spacial score (nSPS) is 16.8. The van der Waals surface area contributed by atoms with Crippen LogP contribution in [-0.2, 0) is 26.0 Å². The second-order valence-electron chi connectivity index (χ2n) is 9.99. The molecular formula is C32H39F3N2O5S. The molecule has 0 bridgehead atoms. The van der Waals surface area contributed by atoms with Crippen LogP contribution in [0.3, 0.4) is 0 Å². The van der Waals surface area contributed by atoms with Crippen molar-refractivity contribution in [3.8, 4) is 0 Å². The summed E-state index contributed by atoms with van der Waals surface area (Å²) in [6.45, 7) is 10.8. The van der Waals surface area contributed by atoms with Gasteiger partial charge in [-0.3, -0.25) is 9.71 Å². The van der Waals surface area contributed by atoms with Crippen molar-refractivity contribution >= 4 is 27.2 Å². The molecule has 0 saturated carbocycles. The van der Waals surface area contributed by atoms with E-state index >= 15 is 0 Å². The average Bonchev–Trinajstić information content (AvgIpc) is 2.93. The maximum absolute atomic E-state index is 13.0. The van der Waals surface area contributed by atoms with Crippen LogP contribution < -0.4 is 4.72 Å². The van der Waals surface area contributed by atoms with E-state index in [9.17, 15) is 31.5 Å². The number of aryl methyl sites for hydroxylation is 1. The first-order valence-corrected chi connectivity index (χ1v) is 15.5. The molecular weight excluding hydrogens is 581 g/mol. The summed E-state index contributed by atoms with van der Waals surface area (Å²) >= 11 is 0. The van der Waals surface area contributed by atoms with E-state index in [1.165, 1.54) is 12.5 Å². The molecule has 2 aromatic rings. The highest BCUT2D eigenvalue weighted by molar-refractivity contribution is 8.05. The van der Waals surface area contributed by atoms with Crippen molar-refractivity contribution in [1.82, 2.24) is 0 Å². The minimum atomic E-state index is -4.72. The highest BCUT2D eigenvalue weighted by atomic mass is 32.2. The van der Waals surface area contributed by atoms with Crippen molar-refractivity contribution in [3.05, 3.63) is 101 Å². The lowest BCUT2D eigenvalue weighted by Crippen LogP contribution is -2.30. The molecule has 43 heavy (non-hydrogen) atoms. The van der Waals surface area contributed by atoms with Crippen LogP contribution in [-0.4, -0.2) is 37.3 Å². The van der Waals surface area contributed by atoms with Crippen LogP contribution in [0.15, 0.2) is 89.3 Å². The molecule has 2 unspecified atom stereocenters. The number of esters is 1. The predicted molar refractivity (Wildman–Crippen MR) is 164 cm³/mol. The van der Waals surface area contributed by atoms with E-state index in [0.717, 1.165) is 5.56 Å². The number of hydrogen-bond acceptors (Lipinski definition) is 6. The lowest BCUT2D eigenvalue weighted by Gasteiger charge is -2.29. The quantitative estimate of drug-likeness (QED) is 0.114. The molecule has 2 aromatic carbocycles. The van der Waals surface area contributed by atoms with Gasteiger partial charge in [-0.05, 0) is 48.9 Å². The molecule has 1 aliphatic heterocycles. The van der Waals surface area contributed by atoms with E-state index in [-0.39, 0.29) is 23.4 Å². The lowest BCUT2D eigenvalue weighted by molar-refractivity contribution is -0.147. The monoisotopic (exact) mass is 620 g/mol. The molecule has 7 nitrogen and oxygen atoms in total. The van der Waals surface area contributed by atoms with Crippen LogP contribution in [0.1, 0.15) is 69.1 Å². The summed E-state index contributed by atoms with van der Waals surface area (Å²) in [5.74, 6) is -1.26. The first-order chi connectivity index (χ1) is 20.3. The zero-order valence-corrected chi connectivity index (χ0v) is 25.6. The number of rotatable bonds is 11. The van der Waals surface area contributed by atoms with Gasteiger partial charge >= 0.3 is 12.1 Å². The van der Waals surface area contributed by atoms with Gasteiger partial charge in [0.2, 0.25) is 0 Å². The Labute approximate surface area is 251 Å². The van der Waals surface area contributed by atoms with Crippen molar-refractivity contribution < 1.29 is 36.2 Å². The third-order valence-electron chi connectivity index (χ3n) is 6.54. The number of nitrogens with zero attached hydrogens (tertiary/aromatic N) is 1. The van der Waals surface area contributed by atoms with Gasteiger partial charge in [0.1, 0.15) is 17.4 Å². The van der Waals surface area contributed by atoms with Crippen LogP contribution >= 0.6 is 0 Å². The molecule has 0 fully saturated rings. The van der Waals surface area contributed by atoms with Crippen molar-refractivity contribution in [2.24, 2.45) is 4.99 Å². The van der Waals surface area contributed by atoms with Gasteiger partial charge in [0.15, 0.2) is 0 Å². The lowest BCUT2D eigenvalue weighted by atomic mass is 9.83. The Bertz CT molecular complexity index is 1450. The SMILES string of the molecule is C=C/C(=C\N=CS(=O)(=O)Nc1cccc(C(CC)C2=C(O)CC(CCc3ccccc3)OC2=O)c1C)C(F)(F)F.CCC. The van der Waals surface area contributed by atoms with Crippen molar-refractivity contribution in [2.45, 2.75) is 78.0 Å². The van der Waals surface area contributed by atoms with E-state index in [0.29, 0.717) is 48.2 Å². The Hall–Kier alpha value is -3.86. The Morgan fingerprint density at radius 3 is 2.37 bits per heavy atom. The molecule has 0 radical (unpaired) electrons. The van der Waals surface area contributed by atoms with Gasteiger partial charge in [0.25, 0.3) is 10.0 Å². The number of carbonyl (C=O) groups is 1. The van der Waals surface area contributed by atoms with Gasteiger partial charge in [0.05, 0.1) is 16.8 Å². The smallest absolute Gasteiger partial charge is 0.417 e. The molecule has 0 amide bonds. The molecule has 2 N–H and O–H groups in total. The second kappa shape index (κ2) is 16.1. The number of nitrogens with one attached hydrogen (secondary N) is 1. The van der Waals surface area contributed by atoms with E-state index in [2.05, 4.69) is 30.1 Å². The molecule has 1 heterocycles. The van der Waals surface area contributed by atoms with Gasteiger partial charge in [0, 0.05) is 18.5 Å².